The Kier molecular flexibility index (Phi) is 5.40. The molecule has 27 heavy (non-hydrogen) atoms. The minimum absolute atomic E-state index is 0.153. The summed E-state index contributed by atoms with van der Waals surface area (Å²) in [7, 11) is 1.56. The molecule has 0 saturated heterocycles. The number of rotatable bonds is 6. The monoisotopic (exact) mass is 370 g/mol. The summed E-state index contributed by atoms with van der Waals surface area (Å²) in [5.41, 5.74) is 2.14. The molecule has 0 saturated carbocycles. The molecule has 0 spiro atoms. The highest BCUT2D eigenvalue weighted by atomic mass is 19.1. The molecule has 0 aliphatic rings. The van der Waals surface area contributed by atoms with E-state index in [9.17, 15) is 14.0 Å². The quantitative estimate of drug-likeness (QED) is 0.654. The first-order valence-corrected chi connectivity index (χ1v) is 8.32. The molecule has 1 aromatic heterocycles. The molecule has 0 aliphatic carbocycles. The third kappa shape index (κ3) is 4.44. The molecule has 6 nitrogen and oxygen atoms in total. The van der Waals surface area contributed by atoms with Gasteiger partial charge in [0.1, 0.15) is 17.3 Å². The van der Waals surface area contributed by atoms with Gasteiger partial charge in [-0.05, 0) is 42.3 Å². The van der Waals surface area contributed by atoms with Crippen molar-refractivity contribution in [3.63, 3.8) is 0 Å². The van der Waals surface area contributed by atoms with Crippen LogP contribution in [0.4, 0.5) is 4.39 Å². The Bertz CT molecular complexity index is 997. The van der Waals surface area contributed by atoms with E-state index < -0.39 is 18.5 Å². The lowest BCUT2D eigenvalue weighted by Gasteiger charge is -2.07. The molecule has 2 N–H and O–H groups in total. The molecule has 0 unspecified atom stereocenters. The van der Waals surface area contributed by atoms with Crippen LogP contribution < -0.4 is 10.1 Å². The van der Waals surface area contributed by atoms with E-state index in [0.717, 1.165) is 10.9 Å². The van der Waals surface area contributed by atoms with Crippen LogP contribution >= 0.6 is 0 Å². The van der Waals surface area contributed by atoms with Crippen molar-refractivity contribution in [2.45, 2.75) is 13.5 Å². The van der Waals surface area contributed by atoms with Crippen molar-refractivity contribution in [3.8, 4) is 5.75 Å². The van der Waals surface area contributed by atoms with E-state index in [1.807, 2.05) is 6.07 Å². The van der Waals surface area contributed by atoms with E-state index in [0.29, 0.717) is 16.9 Å². The molecule has 0 fully saturated rings. The predicted molar refractivity (Wildman–Crippen MR) is 98.1 cm³/mol. The number of methoxy groups -OCH3 is 1. The van der Waals surface area contributed by atoms with Gasteiger partial charge in [0.2, 0.25) is 0 Å². The predicted octanol–water partition coefficient (Wildman–Crippen LogP) is 3.10. The number of hydrogen-bond acceptors (Lipinski definition) is 4. The second-order valence-electron chi connectivity index (χ2n) is 6.07. The van der Waals surface area contributed by atoms with Gasteiger partial charge in [-0.1, -0.05) is 12.1 Å². The number of aromatic nitrogens is 1. The summed E-state index contributed by atoms with van der Waals surface area (Å²) in [5.74, 6) is -0.774. The molecular formula is C20H19FN2O4. The first kappa shape index (κ1) is 18.4. The summed E-state index contributed by atoms with van der Waals surface area (Å²) in [6.07, 6.45) is 0. The molecule has 1 amide bonds. The van der Waals surface area contributed by atoms with Crippen LogP contribution in [0.1, 0.15) is 21.6 Å². The van der Waals surface area contributed by atoms with Crippen molar-refractivity contribution >= 4 is 22.8 Å². The minimum atomic E-state index is -0.637. The average Bonchev–Trinajstić information content (AvgIpc) is 3.10. The summed E-state index contributed by atoms with van der Waals surface area (Å²) >= 11 is 0. The highest BCUT2D eigenvalue weighted by molar-refractivity contribution is 5.96. The Balaban J connectivity index is 1.53. The van der Waals surface area contributed by atoms with Crippen molar-refractivity contribution < 1.29 is 23.5 Å². The zero-order valence-electron chi connectivity index (χ0n) is 15.0. The Morgan fingerprint density at radius 2 is 1.96 bits per heavy atom. The number of amides is 1. The van der Waals surface area contributed by atoms with E-state index >= 15 is 0 Å². The number of ether oxygens (including phenoxy) is 2. The van der Waals surface area contributed by atoms with Crippen LogP contribution in [0.25, 0.3) is 10.9 Å². The van der Waals surface area contributed by atoms with Crippen LogP contribution in [0.3, 0.4) is 0 Å². The minimum Gasteiger partial charge on any atom is -0.497 e. The lowest BCUT2D eigenvalue weighted by atomic mass is 10.1. The van der Waals surface area contributed by atoms with E-state index in [1.54, 1.807) is 44.4 Å². The molecule has 0 aliphatic heterocycles. The number of carbonyl (C=O) groups is 2. The number of benzene rings is 2. The fourth-order valence-electron chi connectivity index (χ4n) is 2.55. The maximum absolute atomic E-state index is 13.5. The molecule has 3 rings (SSSR count). The number of hydrogen-bond donors (Lipinski definition) is 2. The summed E-state index contributed by atoms with van der Waals surface area (Å²) < 4.78 is 23.6. The van der Waals surface area contributed by atoms with Gasteiger partial charge in [0.15, 0.2) is 6.61 Å². The molecule has 1 heterocycles. The molecule has 0 atom stereocenters. The number of aromatic amines is 1. The normalized spacial score (nSPS) is 10.6. The Morgan fingerprint density at radius 1 is 1.15 bits per heavy atom. The van der Waals surface area contributed by atoms with Crippen molar-refractivity contribution in [3.05, 3.63) is 65.1 Å². The topological polar surface area (TPSA) is 80.4 Å². The zero-order chi connectivity index (χ0) is 19.4. The fourth-order valence-corrected chi connectivity index (χ4v) is 2.55. The number of H-pyrrole nitrogens is 1. The SMILES string of the molecule is COc1ccc2cc(C(=O)OCC(=O)NCc3ccc(C)c(F)c3)[nH]c2c1. The largest absolute Gasteiger partial charge is 0.497 e. The summed E-state index contributed by atoms with van der Waals surface area (Å²) in [6.45, 7) is 1.39. The second-order valence-corrected chi connectivity index (χ2v) is 6.07. The Labute approximate surface area is 155 Å². The van der Waals surface area contributed by atoms with E-state index in [1.165, 1.54) is 6.07 Å². The van der Waals surface area contributed by atoms with Gasteiger partial charge in [-0.3, -0.25) is 4.79 Å². The lowest BCUT2D eigenvalue weighted by Crippen LogP contribution is -2.28. The summed E-state index contributed by atoms with van der Waals surface area (Å²) in [5, 5.41) is 3.41. The van der Waals surface area contributed by atoms with Gasteiger partial charge in [0.05, 0.1) is 7.11 Å². The van der Waals surface area contributed by atoms with Gasteiger partial charge in [-0.25, -0.2) is 9.18 Å². The molecule has 140 valence electrons. The number of carbonyl (C=O) groups excluding carboxylic acids is 2. The van der Waals surface area contributed by atoms with Crippen molar-refractivity contribution in [1.82, 2.24) is 10.3 Å². The van der Waals surface area contributed by atoms with Gasteiger partial charge in [0.25, 0.3) is 5.91 Å². The van der Waals surface area contributed by atoms with Crippen LogP contribution in [0.5, 0.6) is 5.75 Å². The van der Waals surface area contributed by atoms with Crippen LogP contribution in [-0.4, -0.2) is 30.6 Å². The van der Waals surface area contributed by atoms with E-state index in [2.05, 4.69) is 10.3 Å². The standard InChI is InChI=1S/C20H19FN2O4/c1-12-3-4-13(7-16(12)21)10-22-19(24)11-27-20(25)18-8-14-5-6-15(26-2)9-17(14)23-18/h3-9,23H,10-11H2,1-2H3,(H,22,24). The second kappa shape index (κ2) is 7.90. The Hall–Kier alpha value is -3.35. The smallest absolute Gasteiger partial charge is 0.355 e. The highest BCUT2D eigenvalue weighted by Gasteiger charge is 2.13. The van der Waals surface area contributed by atoms with Crippen molar-refractivity contribution in [1.29, 1.82) is 0 Å². The number of aryl methyl sites for hydroxylation is 1. The van der Waals surface area contributed by atoms with Gasteiger partial charge in [-0.2, -0.15) is 0 Å². The summed E-state index contributed by atoms with van der Waals surface area (Å²) in [6, 6.07) is 11.7. The third-order valence-corrected chi connectivity index (χ3v) is 4.11. The first-order valence-electron chi connectivity index (χ1n) is 8.32. The van der Waals surface area contributed by atoms with Crippen LogP contribution in [0.2, 0.25) is 0 Å². The van der Waals surface area contributed by atoms with Gasteiger partial charge >= 0.3 is 5.97 Å². The molecule has 7 heteroatoms. The molecule has 2 aromatic carbocycles. The van der Waals surface area contributed by atoms with Crippen molar-refractivity contribution in [2.24, 2.45) is 0 Å². The number of esters is 1. The Morgan fingerprint density at radius 3 is 2.70 bits per heavy atom. The maximum atomic E-state index is 13.5. The van der Waals surface area contributed by atoms with Gasteiger partial charge in [0, 0.05) is 23.5 Å². The molecular weight excluding hydrogens is 351 g/mol. The van der Waals surface area contributed by atoms with Crippen LogP contribution in [0.15, 0.2) is 42.5 Å². The lowest BCUT2D eigenvalue weighted by molar-refractivity contribution is -0.124. The fraction of sp³-hybridized carbons (Fsp3) is 0.200. The maximum Gasteiger partial charge on any atom is 0.355 e. The molecule has 3 aromatic rings. The molecule has 0 bridgehead atoms. The van der Waals surface area contributed by atoms with Crippen molar-refractivity contribution in [2.75, 3.05) is 13.7 Å². The number of nitrogens with one attached hydrogen (secondary N) is 2. The van der Waals surface area contributed by atoms with E-state index in [4.69, 9.17) is 9.47 Å². The highest BCUT2D eigenvalue weighted by Crippen LogP contribution is 2.21. The first-order chi connectivity index (χ1) is 13.0. The number of halogens is 1. The van der Waals surface area contributed by atoms with Crippen LogP contribution in [0, 0.1) is 12.7 Å². The third-order valence-electron chi connectivity index (χ3n) is 4.11. The van der Waals surface area contributed by atoms with E-state index in [-0.39, 0.29) is 18.1 Å². The molecule has 0 radical (unpaired) electrons. The average molecular weight is 370 g/mol. The van der Waals surface area contributed by atoms with Gasteiger partial charge in [-0.15, -0.1) is 0 Å². The zero-order valence-corrected chi connectivity index (χ0v) is 15.0. The van der Waals surface area contributed by atoms with Crippen LogP contribution in [-0.2, 0) is 16.1 Å². The van der Waals surface area contributed by atoms with Gasteiger partial charge < -0.3 is 19.8 Å². The summed E-state index contributed by atoms with van der Waals surface area (Å²) in [4.78, 5) is 26.9. The number of fused-ring (bicyclic) bond motifs is 1.